The van der Waals surface area contributed by atoms with Crippen LogP contribution in [0.25, 0.3) is 0 Å². The van der Waals surface area contributed by atoms with Crippen LogP contribution in [0.1, 0.15) is 74.9 Å². The highest BCUT2D eigenvalue weighted by Crippen LogP contribution is 2.64. The molecule has 7 heteroatoms. The number of aromatic hydroxyl groups is 1. The number of phenolic OH excluding ortho intramolecular Hbond substituents is 1. The number of Topliss-reactive ketones (excluding diaryl/α,β-unsaturated/α-hetero) is 4. The van der Waals surface area contributed by atoms with Crippen molar-refractivity contribution < 1.29 is 34.5 Å². The van der Waals surface area contributed by atoms with Gasteiger partial charge in [-0.2, -0.15) is 0 Å². The standard InChI is InChI=1S/C28H32O7/c1-7-8-9-16-10-11-17-14(3)27(6)20(22(31)19(17)21(16)30)24(33)28(35)23(32)18(15(4)29)13(2)12-26(28,5)25(27)34/h7,10-11,14,20,25,30,34-35H,1,8-9,12H2,2-6H3. The van der Waals surface area contributed by atoms with Gasteiger partial charge in [0.05, 0.1) is 23.2 Å². The quantitative estimate of drug-likeness (QED) is 0.343. The number of hydrogen-bond acceptors (Lipinski definition) is 7. The van der Waals surface area contributed by atoms with Crippen LogP contribution in [0.4, 0.5) is 0 Å². The summed E-state index contributed by atoms with van der Waals surface area (Å²) in [5.41, 5.74) is -4.61. The number of aliphatic hydroxyl groups is 2. The van der Waals surface area contributed by atoms with Crippen molar-refractivity contribution in [2.24, 2.45) is 16.7 Å². The van der Waals surface area contributed by atoms with Crippen LogP contribution < -0.4 is 0 Å². The third-order valence-electron chi connectivity index (χ3n) is 9.05. The van der Waals surface area contributed by atoms with E-state index in [1.807, 2.05) is 0 Å². The Labute approximate surface area is 204 Å². The fourth-order valence-corrected chi connectivity index (χ4v) is 6.98. The summed E-state index contributed by atoms with van der Waals surface area (Å²) < 4.78 is 0. The second-order valence-electron chi connectivity index (χ2n) is 10.9. The van der Waals surface area contributed by atoms with Gasteiger partial charge < -0.3 is 15.3 Å². The minimum absolute atomic E-state index is 0.0175. The van der Waals surface area contributed by atoms with Gasteiger partial charge in [0.25, 0.3) is 0 Å². The minimum Gasteiger partial charge on any atom is -0.507 e. The van der Waals surface area contributed by atoms with E-state index in [1.165, 1.54) is 13.8 Å². The van der Waals surface area contributed by atoms with Crippen LogP contribution in [0.2, 0.25) is 0 Å². The van der Waals surface area contributed by atoms with Crippen LogP contribution in [0.5, 0.6) is 5.75 Å². The summed E-state index contributed by atoms with van der Waals surface area (Å²) in [5, 5.41) is 34.6. The van der Waals surface area contributed by atoms with Gasteiger partial charge in [0.15, 0.2) is 23.0 Å². The molecule has 0 aromatic heterocycles. The lowest BCUT2D eigenvalue weighted by Crippen LogP contribution is -2.77. The summed E-state index contributed by atoms with van der Waals surface area (Å²) in [7, 11) is 0. The molecule has 1 aromatic rings. The largest absolute Gasteiger partial charge is 0.507 e. The number of carbonyl (C=O) groups is 4. The molecule has 35 heavy (non-hydrogen) atoms. The molecular weight excluding hydrogens is 448 g/mol. The van der Waals surface area contributed by atoms with Gasteiger partial charge in [-0.05, 0) is 50.2 Å². The van der Waals surface area contributed by atoms with E-state index in [4.69, 9.17) is 0 Å². The highest BCUT2D eigenvalue weighted by molar-refractivity contribution is 6.33. The van der Waals surface area contributed by atoms with Gasteiger partial charge in [0.1, 0.15) is 5.75 Å². The lowest BCUT2D eigenvalue weighted by Gasteiger charge is -2.62. The molecule has 0 aliphatic heterocycles. The molecule has 6 atom stereocenters. The smallest absolute Gasteiger partial charge is 0.206 e. The number of phenols is 1. The van der Waals surface area contributed by atoms with Crippen molar-refractivity contribution in [3.05, 3.63) is 52.6 Å². The van der Waals surface area contributed by atoms with Crippen molar-refractivity contribution >= 4 is 23.1 Å². The predicted octanol–water partition coefficient (Wildman–Crippen LogP) is 2.99. The van der Waals surface area contributed by atoms with E-state index in [-0.39, 0.29) is 23.3 Å². The molecule has 1 aromatic carbocycles. The maximum atomic E-state index is 14.1. The summed E-state index contributed by atoms with van der Waals surface area (Å²) in [5.74, 6) is -5.79. The predicted molar refractivity (Wildman–Crippen MR) is 128 cm³/mol. The first-order chi connectivity index (χ1) is 16.2. The Bertz CT molecular complexity index is 1240. The molecule has 0 saturated heterocycles. The van der Waals surface area contributed by atoms with Crippen molar-refractivity contribution in [3.63, 3.8) is 0 Å². The van der Waals surface area contributed by atoms with Crippen molar-refractivity contribution in [3.8, 4) is 5.75 Å². The summed E-state index contributed by atoms with van der Waals surface area (Å²) in [6.45, 7) is 11.3. The molecule has 4 rings (SSSR count). The second-order valence-corrected chi connectivity index (χ2v) is 10.9. The normalized spacial score (nSPS) is 36.4. The highest BCUT2D eigenvalue weighted by atomic mass is 16.3. The molecule has 0 bridgehead atoms. The summed E-state index contributed by atoms with van der Waals surface area (Å²) in [4.78, 5) is 53.7. The summed E-state index contributed by atoms with van der Waals surface area (Å²) in [6.07, 6.45) is 1.20. The van der Waals surface area contributed by atoms with Crippen molar-refractivity contribution in [1.29, 1.82) is 0 Å². The first-order valence-corrected chi connectivity index (χ1v) is 11.9. The Morgan fingerprint density at radius 2 is 1.86 bits per heavy atom. The number of fused-ring (bicyclic) bond motifs is 3. The van der Waals surface area contributed by atoms with Gasteiger partial charge in [0.2, 0.25) is 5.78 Å². The topological polar surface area (TPSA) is 129 Å². The van der Waals surface area contributed by atoms with Gasteiger partial charge in [-0.15, -0.1) is 6.58 Å². The number of carbonyl (C=O) groups excluding carboxylic acids is 4. The summed E-state index contributed by atoms with van der Waals surface area (Å²) in [6, 6.07) is 3.47. The van der Waals surface area contributed by atoms with Crippen LogP contribution in [0.3, 0.4) is 0 Å². The number of allylic oxidation sites excluding steroid dienone is 2. The third-order valence-corrected chi connectivity index (χ3v) is 9.05. The maximum Gasteiger partial charge on any atom is 0.206 e. The van der Waals surface area contributed by atoms with Crippen LogP contribution in [-0.4, -0.2) is 50.2 Å². The molecule has 186 valence electrons. The Hall–Kier alpha value is -2.90. The number of hydrogen-bond donors (Lipinski definition) is 3. The average Bonchev–Trinajstić information content (AvgIpc) is 2.78. The minimum atomic E-state index is -2.75. The van der Waals surface area contributed by atoms with Gasteiger partial charge in [-0.3, -0.25) is 19.2 Å². The molecule has 1 saturated carbocycles. The van der Waals surface area contributed by atoms with Crippen LogP contribution in [0, 0.1) is 16.7 Å². The number of aliphatic hydroxyl groups excluding tert-OH is 1. The molecule has 3 aliphatic rings. The van der Waals surface area contributed by atoms with Crippen molar-refractivity contribution in [2.75, 3.05) is 0 Å². The average molecular weight is 481 g/mol. The van der Waals surface area contributed by atoms with Crippen LogP contribution >= 0.6 is 0 Å². The first-order valence-electron chi connectivity index (χ1n) is 11.9. The Kier molecular flexibility index (Phi) is 5.62. The van der Waals surface area contributed by atoms with E-state index in [9.17, 15) is 34.5 Å². The lowest BCUT2D eigenvalue weighted by molar-refractivity contribution is -0.217. The van der Waals surface area contributed by atoms with Crippen LogP contribution in [-0.2, 0) is 20.8 Å². The van der Waals surface area contributed by atoms with Crippen LogP contribution in [0.15, 0.2) is 35.9 Å². The third kappa shape index (κ3) is 2.85. The molecule has 3 N–H and O–H groups in total. The molecule has 0 amide bonds. The van der Waals surface area contributed by atoms with Gasteiger partial charge in [0, 0.05) is 10.8 Å². The number of rotatable bonds is 4. The van der Waals surface area contributed by atoms with Gasteiger partial charge in [-0.1, -0.05) is 44.6 Å². The number of ketones is 4. The zero-order valence-electron chi connectivity index (χ0n) is 20.8. The maximum absolute atomic E-state index is 14.1. The van der Waals surface area contributed by atoms with Gasteiger partial charge in [-0.25, -0.2) is 0 Å². The Morgan fingerprint density at radius 1 is 1.23 bits per heavy atom. The second kappa shape index (κ2) is 7.80. The van der Waals surface area contributed by atoms with E-state index in [0.717, 1.165) is 0 Å². The Balaban J connectivity index is 1.98. The molecule has 0 spiro atoms. The first kappa shape index (κ1) is 25.2. The fraction of sp³-hybridized carbons (Fsp3) is 0.500. The number of aryl methyl sites for hydroxylation is 1. The molecule has 0 radical (unpaired) electrons. The van der Waals surface area contributed by atoms with E-state index < -0.39 is 57.5 Å². The zero-order valence-corrected chi connectivity index (χ0v) is 20.8. The van der Waals surface area contributed by atoms with E-state index in [2.05, 4.69) is 6.58 Å². The molecule has 0 heterocycles. The van der Waals surface area contributed by atoms with E-state index in [1.54, 1.807) is 39.0 Å². The summed E-state index contributed by atoms with van der Waals surface area (Å²) >= 11 is 0. The number of benzene rings is 1. The molecule has 6 unspecified atom stereocenters. The van der Waals surface area contributed by atoms with Crippen molar-refractivity contribution in [2.45, 2.75) is 71.5 Å². The van der Waals surface area contributed by atoms with E-state index in [0.29, 0.717) is 29.5 Å². The van der Waals surface area contributed by atoms with Crippen molar-refractivity contribution in [1.82, 2.24) is 0 Å². The highest BCUT2D eigenvalue weighted by Gasteiger charge is 2.76. The molecule has 3 aliphatic carbocycles. The Morgan fingerprint density at radius 3 is 2.43 bits per heavy atom. The SMILES string of the molecule is C=CCCc1ccc2c(c1O)C(=O)C1C(=O)C3(O)C(=O)C(C(C)=O)=C(C)CC3(C)C(O)C1(C)C2C. The molecule has 7 nitrogen and oxygen atoms in total. The molecule has 1 fully saturated rings. The van der Waals surface area contributed by atoms with E-state index >= 15 is 0 Å². The molecular formula is C28H32O7. The lowest BCUT2D eigenvalue weighted by atomic mass is 9.40. The monoisotopic (exact) mass is 480 g/mol. The zero-order chi connectivity index (χ0) is 26.2. The fourth-order valence-electron chi connectivity index (χ4n) is 6.98. The van der Waals surface area contributed by atoms with Gasteiger partial charge >= 0.3 is 0 Å².